The zero-order chi connectivity index (χ0) is 18.5. The van der Waals surface area contributed by atoms with Crippen LogP contribution < -0.4 is 10.9 Å². The Kier molecular flexibility index (Phi) is 5.52. The van der Waals surface area contributed by atoms with E-state index in [0.29, 0.717) is 29.4 Å². The molecule has 0 atom stereocenters. The summed E-state index contributed by atoms with van der Waals surface area (Å²) in [5.74, 6) is 1.30. The van der Waals surface area contributed by atoms with E-state index in [2.05, 4.69) is 20.4 Å². The van der Waals surface area contributed by atoms with Crippen LogP contribution in [0.25, 0.3) is 5.95 Å². The standard InChI is InChI=1S/C18H19N5O2S/c1-12-11-17(25)21-18(19-12)23-15(10-13(2)22-23)20-16(24)8-9-26-14-6-4-3-5-7-14/h3-7,10-11H,8-9H2,1-2H3,(H,20,24)(H,19,21,25). The van der Waals surface area contributed by atoms with Gasteiger partial charge in [-0.3, -0.25) is 14.6 Å². The van der Waals surface area contributed by atoms with Gasteiger partial charge in [-0.15, -0.1) is 11.8 Å². The summed E-state index contributed by atoms with van der Waals surface area (Å²) in [4.78, 5) is 32.0. The van der Waals surface area contributed by atoms with E-state index in [9.17, 15) is 9.59 Å². The summed E-state index contributed by atoms with van der Waals surface area (Å²) in [5.41, 5.74) is 1.02. The molecule has 1 aromatic carbocycles. The molecule has 0 bridgehead atoms. The average molecular weight is 369 g/mol. The first-order valence-electron chi connectivity index (χ1n) is 8.14. The van der Waals surface area contributed by atoms with Crippen LogP contribution in [-0.2, 0) is 4.79 Å². The second kappa shape index (κ2) is 8.01. The predicted octanol–water partition coefficient (Wildman–Crippen LogP) is 2.69. The van der Waals surface area contributed by atoms with Gasteiger partial charge in [0.05, 0.1) is 5.69 Å². The topological polar surface area (TPSA) is 92.7 Å². The zero-order valence-electron chi connectivity index (χ0n) is 14.5. The van der Waals surface area contributed by atoms with Crippen LogP contribution in [0.15, 0.2) is 52.2 Å². The Morgan fingerprint density at radius 2 is 1.96 bits per heavy atom. The second-order valence-electron chi connectivity index (χ2n) is 5.75. The molecule has 3 aromatic rings. The molecule has 0 aliphatic carbocycles. The summed E-state index contributed by atoms with van der Waals surface area (Å²) in [6.07, 6.45) is 0.363. The molecule has 0 aliphatic heterocycles. The zero-order valence-corrected chi connectivity index (χ0v) is 15.3. The minimum atomic E-state index is -0.266. The third-order valence-electron chi connectivity index (χ3n) is 3.50. The largest absolute Gasteiger partial charge is 0.310 e. The van der Waals surface area contributed by atoms with Gasteiger partial charge in [-0.25, -0.2) is 4.98 Å². The van der Waals surface area contributed by atoms with E-state index in [1.165, 1.54) is 10.7 Å². The number of anilines is 1. The summed E-state index contributed by atoms with van der Waals surface area (Å²) < 4.78 is 1.44. The molecule has 8 heteroatoms. The predicted molar refractivity (Wildman–Crippen MR) is 102 cm³/mol. The van der Waals surface area contributed by atoms with Gasteiger partial charge >= 0.3 is 0 Å². The minimum absolute atomic E-state index is 0.121. The highest BCUT2D eigenvalue weighted by Crippen LogP contribution is 2.19. The van der Waals surface area contributed by atoms with Crippen molar-refractivity contribution in [2.24, 2.45) is 0 Å². The van der Waals surface area contributed by atoms with Crippen LogP contribution in [0.2, 0.25) is 0 Å². The van der Waals surface area contributed by atoms with Gasteiger partial charge in [0, 0.05) is 34.9 Å². The molecule has 1 amide bonds. The lowest BCUT2D eigenvalue weighted by Gasteiger charge is -2.08. The van der Waals surface area contributed by atoms with E-state index in [4.69, 9.17) is 0 Å². The number of amides is 1. The Hall–Kier alpha value is -2.87. The number of aromatic nitrogens is 4. The number of nitrogens with one attached hydrogen (secondary N) is 2. The molecule has 0 radical (unpaired) electrons. The summed E-state index contributed by atoms with van der Waals surface area (Å²) >= 11 is 1.63. The fraction of sp³-hybridized carbons (Fsp3) is 0.222. The number of aryl methyl sites for hydroxylation is 2. The molecule has 0 aliphatic rings. The minimum Gasteiger partial charge on any atom is -0.310 e. The monoisotopic (exact) mass is 369 g/mol. The molecule has 0 unspecified atom stereocenters. The lowest BCUT2D eigenvalue weighted by atomic mass is 10.4. The number of hydrogen-bond acceptors (Lipinski definition) is 5. The normalized spacial score (nSPS) is 10.7. The molecule has 0 saturated carbocycles. The van der Waals surface area contributed by atoms with Gasteiger partial charge in [0.15, 0.2) is 0 Å². The first kappa shape index (κ1) is 17.9. The summed E-state index contributed by atoms with van der Waals surface area (Å²) in [6, 6.07) is 13.1. The number of H-pyrrole nitrogens is 1. The molecule has 134 valence electrons. The Labute approximate surface area is 154 Å². The van der Waals surface area contributed by atoms with E-state index in [-0.39, 0.29) is 17.4 Å². The fourth-order valence-electron chi connectivity index (χ4n) is 2.40. The molecule has 7 nitrogen and oxygen atoms in total. The first-order chi connectivity index (χ1) is 12.5. The van der Waals surface area contributed by atoms with E-state index in [0.717, 1.165) is 4.90 Å². The van der Waals surface area contributed by atoms with Crippen molar-refractivity contribution in [2.75, 3.05) is 11.1 Å². The highest BCUT2D eigenvalue weighted by atomic mass is 32.2. The van der Waals surface area contributed by atoms with Gasteiger partial charge in [0.1, 0.15) is 5.82 Å². The molecule has 3 rings (SSSR count). The molecule has 0 saturated heterocycles. The van der Waals surface area contributed by atoms with Crippen LogP contribution in [0.1, 0.15) is 17.8 Å². The Bertz CT molecular complexity index is 965. The van der Waals surface area contributed by atoms with E-state index in [1.807, 2.05) is 37.3 Å². The summed E-state index contributed by atoms with van der Waals surface area (Å²) in [6.45, 7) is 3.54. The maximum Gasteiger partial charge on any atom is 0.252 e. The molecule has 2 N–H and O–H groups in total. The van der Waals surface area contributed by atoms with Crippen LogP contribution in [0.5, 0.6) is 0 Å². The van der Waals surface area contributed by atoms with Gasteiger partial charge in [-0.05, 0) is 26.0 Å². The van der Waals surface area contributed by atoms with Crippen LogP contribution in [0.3, 0.4) is 0 Å². The smallest absolute Gasteiger partial charge is 0.252 e. The molecular weight excluding hydrogens is 350 g/mol. The maximum absolute atomic E-state index is 12.3. The molecule has 26 heavy (non-hydrogen) atoms. The van der Waals surface area contributed by atoms with Crippen molar-refractivity contribution in [2.45, 2.75) is 25.2 Å². The number of nitrogens with zero attached hydrogens (tertiary/aromatic N) is 3. The van der Waals surface area contributed by atoms with Gasteiger partial charge in [0.2, 0.25) is 11.9 Å². The van der Waals surface area contributed by atoms with Crippen LogP contribution in [-0.4, -0.2) is 31.4 Å². The second-order valence-corrected chi connectivity index (χ2v) is 6.92. The number of rotatable bonds is 6. The van der Waals surface area contributed by atoms with Crippen molar-refractivity contribution in [1.82, 2.24) is 19.7 Å². The first-order valence-corrected chi connectivity index (χ1v) is 9.12. The van der Waals surface area contributed by atoms with E-state index < -0.39 is 0 Å². The molecule has 0 spiro atoms. The van der Waals surface area contributed by atoms with Gasteiger partial charge in [-0.1, -0.05) is 18.2 Å². The van der Waals surface area contributed by atoms with E-state index >= 15 is 0 Å². The van der Waals surface area contributed by atoms with Crippen molar-refractivity contribution >= 4 is 23.5 Å². The van der Waals surface area contributed by atoms with Gasteiger partial charge in [0.25, 0.3) is 5.56 Å². The van der Waals surface area contributed by atoms with Crippen molar-refractivity contribution in [3.05, 3.63) is 64.2 Å². The Balaban J connectivity index is 1.68. The highest BCUT2D eigenvalue weighted by Gasteiger charge is 2.13. The summed E-state index contributed by atoms with van der Waals surface area (Å²) in [5, 5.41) is 7.15. The number of aromatic amines is 1. The molecular formula is C18H19N5O2S. The molecule has 2 heterocycles. The van der Waals surface area contributed by atoms with E-state index in [1.54, 1.807) is 24.8 Å². The lowest BCUT2D eigenvalue weighted by Crippen LogP contribution is -2.19. The number of benzene rings is 1. The van der Waals surface area contributed by atoms with Crippen LogP contribution in [0, 0.1) is 13.8 Å². The van der Waals surface area contributed by atoms with Crippen molar-refractivity contribution < 1.29 is 4.79 Å². The SMILES string of the molecule is Cc1cc(=O)[nH]c(-n2nc(C)cc2NC(=O)CCSc2ccccc2)n1. The Morgan fingerprint density at radius 3 is 2.69 bits per heavy atom. The maximum atomic E-state index is 12.3. The average Bonchev–Trinajstić information content (AvgIpc) is 2.95. The third-order valence-corrected chi connectivity index (χ3v) is 4.51. The molecule has 2 aromatic heterocycles. The van der Waals surface area contributed by atoms with Crippen molar-refractivity contribution in [1.29, 1.82) is 0 Å². The third kappa shape index (κ3) is 4.60. The summed E-state index contributed by atoms with van der Waals surface area (Å²) in [7, 11) is 0. The van der Waals surface area contributed by atoms with Crippen molar-refractivity contribution in [3.63, 3.8) is 0 Å². The van der Waals surface area contributed by atoms with Crippen molar-refractivity contribution in [3.8, 4) is 5.95 Å². The van der Waals surface area contributed by atoms with Crippen LogP contribution >= 0.6 is 11.8 Å². The number of thioether (sulfide) groups is 1. The Morgan fingerprint density at radius 1 is 1.19 bits per heavy atom. The van der Waals surface area contributed by atoms with Gasteiger partial charge < -0.3 is 5.32 Å². The fourth-order valence-corrected chi connectivity index (χ4v) is 3.27. The number of carbonyl (C=O) groups excluding carboxylic acids is 1. The quantitative estimate of drug-likeness (QED) is 0.652. The molecule has 0 fully saturated rings. The number of carbonyl (C=O) groups is 1. The lowest BCUT2D eigenvalue weighted by molar-refractivity contribution is -0.115. The van der Waals surface area contributed by atoms with Crippen LogP contribution in [0.4, 0.5) is 5.82 Å². The highest BCUT2D eigenvalue weighted by molar-refractivity contribution is 7.99. The van der Waals surface area contributed by atoms with Gasteiger partial charge in [-0.2, -0.15) is 9.78 Å². The number of hydrogen-bond donors (Lipinski definition) is 2.